The van der Waals surface area contributed by atoms with Gasteiger partial charge in [0.05, 0.1) is 13.7 Å². The first-order valence-electron chi connectivity index (χ1n) is 9.09. The van der Waals surface area contributed by atoms with Gasteiger partial charge < -0.3 is 14.0 Å². The molecule has 0 fully saturated rings. The number of ether oxygens (including phenoxy) is 2. The lowest BCUT2D eigenvalue weighted by Gasteiger charge is -2.09. The van der Waals surface area contributed by atoms with E-state index in [0.29, 0.717) is 6.61 Å². The van der Waals surface area contributed by atoms with E-state index in [1.807, 2.05) is 24.3 Å². The lowest BCUT2D eigenvalue weighted by Crippen LogP contribution is -2.02. The Hall–Kier alpha value is -2.94. The first kappa shape index (κ1) is 16.5. The van der Waals surface area contributed by atoms with Gasteiger partial charge in [0.2, 0.25) is 0 Å². The average molecular weight is 345 g/mol. The molecule has 0 saturated heterocycles. The van der Waals surface area contributed by atoms with Crippen LogP contribution >= 0.6 is 0 Å². The number of nitrogens with zero attached hydrogens (tertiary/aromatic N) is 1. The maximum absolute atomic E-state index is 5.85. The van der Waals surface area contributed by atoms with Crippen LogP contribution in [0.3, 0.4) is 0 Å². The molecule has 0 radical (unpaired) electrons. The Bertz CT molecular complexity index is 966. The summed E-state index contributed by atoms with van der Waals surface area (Å²) in [5.41, 5.74) is 2.62. The molecule has 0 saturated carbocycles. The van der Waals surface area contributed by atoms with Crippen LogP contribution in [-0.4, -0.2) is 18.3 Å². The molecule has 0 atom stereocenters. The van der Waals surface area contributed by atoms with Crippen molar-refractivity contribution in [1.82, 2.24) is 4.57 Å². The van der Waals surface area contributed by atoms with Crippen molar-refractivity contribution in [3.8, 4) is 11.5 Å². The minimum absolute atomic E-state index is 0.713. The molecule has 0 amide bonds. The molecule has 0 aliphatic heterocycles. The zero-order chi connectivity index (χ0) is 17.8. The predicted octanol–water partition coefficient (Wildman–Crippen LogP) is 5.66. The number of unbranched alkanes of at least 4 members (excludes halogenated alkanes) is 1. The van der Waals surface area contributed by atoms with Crippen molar-refractivity contribution in [2.24, 2.45) is 0 Å². The van der Waals surface area contributed by atoms with Crippen LogP contribution in [0.4, 0.5) is 0 Å². The van der Waals surface area contributed by atoms with E-state index in [1.165, 1.54) is 21.8 Å². The summed E-state index contributed by atoms with van der Waals surface area (Å²) in [5.74, 6) is 1.69. The second-order valence-electron chi connectivity index (χ2n) is 6.42. The third-order valence-corrected chi connectivity index (χ3v) is 4.77. The SMILES string of the molecule is COc1cccc(OCCCCn2c3ccccc3c3ccccc32)c1. The molecule has 0 spiro atoms. The van der Waals surface area contributed by atoms with Gasteiger partial charge in [0.25, 0.3) is 0 Å². The average Bonchev–Trinajstić information content (AvgIpc) is 3.02. The summed E-state index contributed by atoms with van der Waals surface area (Å²) in [6.45, 7) is 1.71. The molecule has 0 N–H and O–H groups in total. The summed E-state index contributed by atoms with van der Waals surface area (Å²) < 4.78 is 13.5. The maximum atomic E-state index is 5.85. The van der Waals surface area contributed by atoms with Crippen LogP contribution in [0.2, 0.25) is 0 Å². The number of aryl methyl sites for hydroxylation is 1. The molecule has 0 aliphatic carbocycles. The minimum atomic E-state index is 0.713. The molecule has 132 valence electrons. The molecule has 0 unspecified atom stereocenters. The number of hydrogen-bond donors (Lipinski definition) is 0. The quantitative estimate of drug-likeness (QED) is 0.403. The monoisotopic (exact) mass is 345 g/mol. The van der Waals surface area contributed by atoms with Gasteiger partial charge in [-0.1, -0.05) is 42.5 Å². The number of methoxy groups -OCH3 is 1. The van der Waals surface area contributed by atoms with E-state index in [0.717, 1.165) is 30.9 Å². The second-order valence-corrected chi connectivity index (χ2v) is 6.42. The lowest BCUT2D eigenvalue weighted by molar-refractivity contribution is 0.301. The van der Waals surface area contributed by atoms with Crippen molar-refractivity contribution in [3.63, 3.8) is 0 Å². The van der Waals surface area contributed by atoms with E-state index in [-0.39, 0.29) is 0 Å². The van der Waals surface area contributed by atoms with Crippen LogP contribution in [0.5, 0.6) is 11.5 Å². The summed E-state index contributed by atoms with van der Waals surface area (Å²) in [7, 11) is 1.67. The Kier molecular flexibility index (Phi) is 4.78. The molecule has 1 aromatic heterocycles. The fourth-order valence-electron chi connectivity index (χ4n) is 3.50. The van der Waals surface area contributed by atoms with Crippen molar-refractivity contribution in [3.05, 3.63) is 72.8 Å². The van der Waals surface area contributed by atoms with Crippen molar-refractivity contribution < 1.29 is 9.47 Å². The van der Waals surface area contributed by atoms with Crippen LogP contribution in [0.25, 0.3) is 21.8 Å². The number of para-hydroxylation sites is 2. The largest absolute Gasteiger partial charge is 0.497 e. The molecule has 1 heterocycles. The van der Waals surface area contributed by atoms with Crippen LogP contribution < -0.4 is 9.47 Å². The third kappa shape index (κ3) is 3.25. The van der Waals surface area contributed by atoms with Crippen LogP contribution in [0.1, 0.15) is 12.8 Å². The van der Waals surface area contributed by atoms with E-state index < -0.39 is 0 Å². The number of fused-ring (bicyclic) bond motifs is 3. The highest BCUT2D eigenvalue weighted by molar-refractivity contribution is 6.07. The third-order valence-electron chi connectivity index (χ3n) is 4.77. The molecule has 3 nitrogen and oxygen atoms in total. The van der Waals surface area contributed by atoms with E-state index in [2.05, 4.69) is 53.1 Å². The highest BCUT2D eigenvalue weighted by Gasteiger charge is 2.08. The van der Waals surface area contributed by atoms with Gasteiger partial charge in [-0.15, -0.1) is 0 Å². The maximum Gasteiger partial charge on any atom is 0.122 e. The van der Waals surface area contributed by atoms with Crippen molar-refractivity contribution in [2.45, 2.75) is 19.4 Å². The standard InChI is InChI=1S/C23H23NO2/c1-25-18-9-8-10-19(17-18)26-16-7-6-15-24-22-13-4-2-11-20(22)21-12-3-5-14-23(21)24/h2-5,8-14,17H,6-7,15-16H2,1H3. The summed E-state index contributed by atoms with van der Waals surface area (Å²) >= 11 is 0. The van der Waals surface area contributed by atoms with Gasteiger partial charge in [0, 0.05) is 34.4 Å². The fraction of sp³-hybridized carbons (Fsp3) is 0.217. The first-order valence-corrected chi connectivity index (χ1v) is 9.09. The summed E-state index contributed by atoms with van der Waals surface area (Å²) in [4.78, 5) is 0. The Balaban J connectivity index is 1.41. The Labute approximate surface area is 153 Å². The van der Waals surface area contributed by atoms with Gasteiger partial charge in [0.15, 0.2) is 0 Å². The molecular weight excluding hydrogens is 322 g/mol. The molecule has 26 heavy (non-hydrogen) atoms. The van der Waals surface area contributed by atoms with Crippen LogP contribution in [0.15, 0.2) is 72.8 Å². The molecule has 0 aliphatic rings. The van der Waals surface area contributed by atoms with Crippen LogP contribution in [0, 0.1) is 0 Å². The van der Waals surface area contributed by atoms with E-state index in [4.69, 9.17) is 9.47 Å². The Morgan fingerprint density at radius 3 is 2.08 bits per heavy atom. The number of hydrogen-bond acceptors (Lipinski definition) is 2. The van der Waals surface area contributed by atoms with Crippen molar-refractivity contribution >= 4 is 21.8 Å². The van der Waals surface area contributed by atoms with Crippen molar-refractivity contribution in [1.29, 1.82) is 0 Å². The van der Waals surface area contributed by atoms with E-state index in [9.17, 15) is 0 Å². The summed E-state index contributed by atoms with van der Waals surface area (Å²) in [5, 5.41) is 2.66. The highest BCUT2D eigenvalue weighted by atomic mass is 16.5. The predicted molar refractivity (Wildman–Crippen MR) is 107 cm³/mol. The molecule has 3 heteroatoms. The van der Waals surface area contributed by atoms with Gasteiger partial charge in [-0.05, 0) is 37.1 Å². The Morgan fingerprint density at radius 2 is 1.38 bits per heavy atom. The molecular formula is C23H23NO2. The van der Waals surface area contributed by atoms with Crippen molar-refractivity contribution in [2.75, 3.05) is 13.7 Å². The molecule has 3 aromatic carbocycles. The van der Waals surface area contributed by atoms with E-state index >= 15 is 0 Å². The number of rotatable bonds is 7. The minimum Gasteiger partial charge on any atom is -0.497 e. The molecule has 4 aromatic rings. The smallest absolute Gasteiger partial charge is 0.122 e. The number of benzene rings is 3. The molecule has 4 rings (SSSR count). The summed E-state index contributed by atoms with van der Waals surface area (Å²) in [6, 6.07) is 25.1. The topological polar surface area (TPSA) is 23.4 Å². The Morgan fingerprint density at radius 1 is 0.731 bits per heavy atom. The number of aromatic nitrogens is 1. The van der Waals surface area contributed by atoms with Gasteiger partial charge in [-0.25, -0.2) is 0 Å². The van der Waals surface area contributed by atoms with Gasteiger partial charge >= 0.3 is 0 Å². The normalized spacial score (nSPS) is 11.1. The van der Waals surface area contributed by atoms with Gasteiger partial charge in [-0.3, -0.25) is 0 Å². The second kappa shape index (κ2) is 7.52. The van der Waals surface area contributed by atoms with E-state index in [1.54, 1.807) is 7.11 Å². The van der Waals surface area contributed by atoms with Crippen LogP contribution in [-0.2, 0) is 6.54 Å². The summed E-state index contributed by atoms with van der Waals surface area (Å²) in [6.07, 6.45) is 2.09. The first-order chi connectivity index (χ1) is 12.9. The highest BCUT2D eigenvalue weighted by Crippen LogP contribution is 2.29. The zero-order valence-electron chi connectivity index (χ0n) is 15.0. The van der Waals surface area contributed by atoms with Gasteiger partial charge in [-0.2, -0.15) is 0 Å². The molecule has 0 bridgehead atoms. The van der Waals surface area contributed by atoms with Gasteiger partial charge in [0.1, 0.15) is 11.5 Å². The fourth-order valence-corrected chi connectivity index (χ4v) is 3.50. The zero-order valence-corrected chi connectivity index (χ0v) is 15.0. The lowest BCUT2D eigenvalue weighted by atomic mass is 10.2.